The summed E-state index contributed by atoms with van der Waals surface area (Å²) in [5.74, 6) is -0.565. The summed E-state index contributed by atoms with van der Waals surface area (Å²) in [4.78, 5) is 54.1. The number of carbonyl (C=O) groups excluding carboxylic acids is 3. The van der Waals surface area contributed by atoms with Crippen LogP contribution in [0.2, 0.25) is 0 Å². The molecule has 2 heterocycles. The SMILES string of the molecule is COC(=O)N1CCN(c2ccc(C(=O)N3CCCNCC3)cc2NC(=O)c2ccc([N+](=O)[O-])cc2)CC1. The quantitative estimate of drug-likeness (QED) is 0.461. The zero-order chi connectivity index (χ0) is 26.4. The molecule has 0 aromatic heterocycles. The first-order chi connectivity index (χ1) is 17.9. The zero-order valence-corrected chi connectivity index (χ0v) is 20.6. The van der Waals surface area contributed by atoms with Crippen molar-refractivity contribution in [2.24, 2.45) is 0 Å². The minimum atomic E-state index is -0.527. The van der Waals surface area contributed by atoms with Crippen LogP contribution in [-0.2, 0) is 4.74 Å². The van der Waals surface area contributed by atoms with Gasteiger partial charge in [-0.2, -0.15) is 0 Å². The normalized spacial score (nSPS) is 16.1. The van der Waals surface area contributed by atoms with Gasteiger partial charge in [-0.15, -0.1) is 0 Å². The third-order valence-corrected chi connectivity index (χ3v) is 6.51. The average Bonchev–Trinajstić information content (AvgIpc) is 3.22. The Labute approximate surface area is 214 Å². The molecule has 2 aliphatic heterocycles. The molecule has 12 heteroatoms. The minimum Gasteiger partial charge on any atom is -0.453 e. The van der Waals surface area contributed by atoms with E-state index < -0.39 is 10.8 Å². The van der Waals surface area contributed by atoms with Gasteiger partial charge in [0.15, 0.2) is 0 Å². The number of benzene rings is 2. The highest BCUT2D eigenvalue weighted by atomic mass is 16.6. The summed E-state index contributed by atoms with van der Waals surface area (Å²) >= 11 is 0. The lowest BCUT2D eigenvalue weighted by Gasteiger charge is -2.36. The van der Waals surface area contributed by atoms with E-state index in [1.807, 2.05) is 11.0 Å². The van der Waals surface area contributed by atoms with Crippen LogP contribution < -0.4 is 15.5 Å². The number of anilines is 2. The Bertz CT molecular complexity index is 1150. The Balaban J connectivity index is 1.59. The molecule has 37 heavy (non-hydrogen) atoms. The molecule has 4 rings (SSSR count). The molecule has 0 bridgehead atoms. The Hall–Kier alpha value is -4.19. The van der Waals surface area contributed by atoms with E-state index in [1.54, 1.807) is 21.9 Å². The number of nitrogens with zero attached hydrogens (tertiary/aromatic N) is 4. The molecule has 0 saturated carbocycles. The zero-order valence-electron chi connectivity index (χ0n) is 20.6. The fraction of sp³-hybridized carbons (Fsp3) is 0.400. The molecule has 0 radical (unpaired) electrons. The standard InChI is InChI=1S/C25H30N6O6/c1-37-25(34)30-15-13-28(14-16-30)22-8-5-19(24(33)29-11-2-9-26-10-12-29)17-21(22)27-23(32)18-3-6-20(7-4-18)31(35)36/h3-8,17,26H,2,9-16H2,1H3,(H,27,32). The third-order valence-electron chi connectivity index (χ3n) is 6.51. The van der Waals surface area contributed by atoms with Crippen molar-refractivity contribution in [1.29, 1.82) is 0 Å². The summed E-state index contributed by atoms with van der Waals surface area (Å²) in [5.41, 5.74) is 1.77. The van der Waals surface area contributed by atoms with Crippen LogP contribution in [0.3, 0.4) is 0 Å². The van der Waals surface area contributed by atoms with Crippen LogP contribution in [0.1, 0.15) is 27.1 Å². The number of carbonyl (C=O) groups is 3. The molecule has 0 atom stereocenters. The minimum absolute atomic E-state index is 0.111. The molecule has 2 N–H and O–H groups in total. The van der Waals surface area contributed by atoms with Crippen molar-refractivity contribution in [3.05, 3.63) is 63.7 Å². The number of non-ortho nitro benzene ring substituents is 1. The molecule has 0 aliphatic carbocycles. The second kappa shape index (κ2) is 11.7. The maximum Gasteiger partial charge on any atom is 0.409 e. The molecule has 2 saturated heterocycles. The van der Waals surface area contributed by atoms with Gasteiger partial charge < -0.3 is 30.1 Å². The van der Waals surface area contributed by atoms with Crippen molar-refractivity contribution >= 4 is 35.0 Å². The van der Waals surface area contributed by atoms with E-state index in [9.17, 15) is 24.5 Å². The van der Waals surface area contributed by atoms with Crippen LogP contribution >= 0.6 is 0 Å². The first-order valence-electron chi connectivity index (χ1n) is 12.1. The number of rotatable bonds is 5. The van der Waals surface area contributed by atoms with Gasteiger partial charge in [0.05, 0.1) is 23.4 Å². The number of methoxy groups -OCH3 is 1. The summed E-state index contributed by atoms with van der Waals surface area (Å²) in [7, 11) is 1.34. The van der Waals surface area contributed by atoms with Crippen molar-refractivity contribution < 1.29 is 24.0 Å². The van der Waals surface area contributed by atoms with Crippen LogP contribution in [0.5, 0.6) is 0 Å². The van der Waals surface area contributed by atoms with Gasteiger partial charge in [0, 0.05) is 69.1 Å². The fourth-order valence-corrected chi connectivity index (χ4v) is 4.46. The Morgan fingerprint density at radius 1 is 0.919 bits per heavy atom. The molecule has 0 unspecified atom stereocenters. The molecule has 2 aliphatic rings. The Morgan fingerprint density at radius 2 is 1.62 bits per heavy atom. The van der Waals surface area contributed by atoms with Gasteiger partial charge in [-0.25, -0.2) is 4.79 Å². The fourth-order valence-electron chi connectivity index (χ4n) is 4.46. The second-order valence-corrected chi connectivity index (χ2v) is 8.83. The predicted molar refractivity (Wildman–Crippen MR) is 137 cm³/mol. The van der Waals surface area contributed by atoms with E-state index in [4.69, 9.17) is 4.74 Å². The summed E-state index contributed by atoms with van der Waals surface area (Å²) in [6, 6.07) is 10.6. The largest absolute Gasteiger partial charge is 0.453 e. The molecule has 0 spiro atoms. The number of nitrogens with one attached hydrogen (secondary N) is 2. The number of nitro groups is 1. The number of piperazine rings is 1. The van der Waals surface area contributed by atoms with E-state index >= 15 is 0 Å². The van der Waals surface area contributed by atoms with Crippen molar-refractivity contribution in [2.75, 3.05) is 69.7 Å². The molecular formula is C25H30N6O6. The van der Waals surface area contributed by atoms with Crippen LogP contribution in [0.4, 0.5) is 21.9 Å². The smallest absolute Gasteiger partial charge is 0.409 e. The van der Waals surface area contributed by atoms with Crippen molar-refractivity contribution in [1.82, 2.24) is 15.1 Å². The average molecular weight is 511 g/mol. The topological polar surface area (TPSA) is 137 Å². The van der Waals surface area contributed by atoms with Gasteiger partial charge in [-0.1, -0.05) is 0 Å². The predicted octanol–water partition coefficient (Wildman–Crippen LogP) is 2.17. The number of ether oxygens (including phenoxy) is 1. The lowest BCUT2D eigenvalue weighted by Crippen LogP contribution is -2.49. The van der Waals surface area contributed by atoms with Gasteiger partial charge in [0.25, 0.3) is 17.5 Å². The van der Waals surface area contributed by atoms with E-state index in [-0.39, 0.29) is 23.3 Å². The monoisotopic (exact) mass is 510 g/mol. The van der Waals surface area contributed by atoms with E-state index in [1.165, 1.54) is 31.4 Å². The van der Waals surface area contributed by atoms with Crippen molar-refractivity contribution in [3.63, 3.8) is 0 Å². The van der Waals surface area contributed by atoms with Crippen LogP contribution in [0.25, 0.3) is 0 Å². The molecular weight excluding hydrogens is 480 g/mol. The van der Waals surface area contributed by atoms with Gasteiger partial charge in [0.2, 0.25) is 0 Å². The van der Waals surface area contributed by atoms with E-state index in [0.29, 0.717) is 56.2 Å². The van der Waals surface area contributed by atoms with Gasteiger partial charge in [-0.05, 0) is 43.3 Å². The molecule has 3 amide bonds. The maximum atomic E-state index is 13.3. The van der Waals surface area contributed by atoms with Gasteiger partial charge in [0.1, 0.15) is 0 Å². The summed E-state index contributed by atoms with van der Waals surface area (Å²) < 4.78 is 4.81. The van der Waals surface area contributed by atoms with E-state index in [0.717, 1.165) is 19.5 Å². The number of hydrogen-bond acceptors (Lipinski definition) is 8. The summed E-state index contributed by atoms with van der Waals surface area (Å²) in [5, 5.41) is 17.1. The third kappa shape index (κ3) is 6.15. The first kappa shape index (κ1) is 25.9. The molecule has 196 valence electrons. The van der Waals surface area contributed by atoms with Gasteiger partial charge in [-0.3, -0.25) is 19.7 Å². The number of amides is 3. The Morgan fingerprint density at radius 3 is 2.30 bits per heavy atom. The second-order valence-electron chi connectivity index (χ2n) is 8.83. The van der Waals surface area contributed by atoms with E-state index in [2.05, 4.69) is 10.6 Å². The maximum absolute atomic E-state index is 13.3. The van der Waals surface area contributed by atoms with Gasteiger partial charge >= 0.3 is 6.09 Å². The van der Waals surface area contributed by atoms with Crippen LogP contribution in [0, 0.1) is 10.1 Å². The van der Waals surface area contributed by atoms with Crippen LogP contribution in [0.15, 0.2) is 42.5 Å². The molecule has 12 nitrogen and oxygen atoms in total. The Kier molecular flexibility index (Phi) is 8.18. The van der Waals surface area contributed by atoms with Crippen molar-refractivity contribution in [2.45, 2.75) is 6.42 Å². The highest BCUT2D eigenvalue weighted by molar-refractivity contribution is 6.07. The lowest BCUT2D eigenvalue weighted by molar-refractivity contribution is -0.384. The summed E-state index contributed by atoms with van der Waals surface area (Å²) in [6.45, 7) is 4.75. The highest BCUT2D eigenvalue weighted by Crippen LogP contribution is 2.30. The molecule has 2 fully saturated rings. The number of hydrogen-bond donors (Lipinski definition) is 2. The van der Waals surface area contributed by atoms with Crippen LogP contribution in [-0.4, -0.2) is 92.1 Å². The highest BCUT2D eigenvalue weighted by Gasteiger charge is 2.25. The van der Waals surface area contributed by atoms with Crippen molar-refractivity contribution in [3.8, 4) is 0 Å². The first-order valence-corrected chi connectivity index (χ1v) is 12.1. The number of nitro benzene ring substituents is 1. The molecule has 2 aromatic carbocycles. The molecule has 2 aromatic rings. The lowest BCUT2D eigenvalue weighted by atomic mass is 10.1. The summed E-state index contributed by atoms with van der Waals surface area (Å²) in [6.07, 6.45) is 0.470.